The van der Waals surface area contributed by atoms with Gasteiger partial charge in [-0.3, -0.25) is 4.90 Å². The van der Waals surface area contributed by atoms with Crippen molar-refractivity contribution in [2.24, 2.45) is 0 Å². The molecule has 0 bridgehead atoms. The first-order chi connectivity index (χ1) is 8.33. The topological polar surface area (TPSA) is 53.1 Å². The molecule has 1 aromatic rings. The van der Waals surface area contributed by atoms with Gasteiger partial charge >= 0.3 is 0 Å². The maximum Gasteiger partial charge on any atom is 0.224 e. The van der Waals surface area contributed by atoms with Gasteiger partial charge in [0.05, 0.1) is 0 Å². The molecule has 2 rings (SSSR count). The van der Waals surface area contributed by atoms with Crippen LogP contribution in [0.25, 0.3) is 0 Å². The van der Waals surface area contributed by atoms with Crippen molar-refractivity contribution in [2.75, 3.05) is 37.3 Å². The van der Waals surface area contributed by atoms with Gasteiger partial charge in [-0.1, -0.05) is 6.92 Å². The lowest BCUT2D eigenvalue weighted by Gasteiger charge is -2.23. The molecule has 17 heavy (non-hydrogen) atoms. The molecule has 5 nitrogen and oxygen atoms in total. The van der Waals surface area contributed by atoms with E-state index in [1.54, 1.807) is 6.20 Å². The fourth-order valence-electron chi connectivity index (χ4n) is 2.34. The van der Waals surface area contributed by atoms with Gasteiger partial charge < -0.3 is 10.6 Å². The van der Waals surface area contributed by atoms with Gasteiger partial charge in [-0.25, -0.2) is 4.98 Å². The van der Waals surface area contributed by atoms with Crippen LogP contribution in [0.5, 0.6) is 0 Å². The predicted molar refractivity (Wildman–Crippen MR) is 70.3 cm³/mol. The fraction of sp³-hybridized carbons (Fsp3) is 0.667. The van der Waals surface area contributed by atoms with Gasteiger partial charge in [0.15, 0.2) is 0 Å². The van der Waals surface area contributed by atoms with Crippen molar-refractivity contribution in [2.45, 2.75) is 25.8 Å². The van der Waals surface area contributed by atoms with Gasteiger partial charge in [0, 0.05) is 25.8 Å². The highest BCUT2D eigenvalue weighted by Gasteiger charge is 2.22. The van der Waals surface area contributed by atoms with E-state index in [4.69, 9.17) is 0 Å². The number of hydrogen-bond donors (Lipinski definition) is 2. The van der Waals surface area contributed by atoms with Gasteiger partial charge in [-0.05, 0) is 32.0 Å². The summed E-state index contributed by atoms with van der Waals surface area (Å²) in [7, 11) is 1.83. The summed E-state index contributed by atoms with van der Waals surface area (Å²) < 4.78 is 0. The summed E-state index contributed by atoms with van der Waals surface area (Å²) in [6.45, 7) is 5.56. The molecule has 0 radical (unpaired) electrons. The molecular formula is C12H21N5. The predicted octanol–water partition coefficient (Wildman–Crippen LogP) is 1.41. The Balaban J connectivity index is 1.88. The largest absolute Gasteiger partial charge is 0.368 e. The van der Waals surface area contributed by atoms with E-state index in [-0.39, 0.29) is 0 Å². The summed E-state index contributed by atoms with van der Waals surface area (Å²) in [5.74, 6) is 1.56. The monoisotopic (exact) mass is 235 g/mol. The van der Waals surface area contributed by atoms with Crippen LogP contribution in [-0.2, 0) is 0 Å². The van der Waals surface area contributed by atoms with Crippen LogP contribution < -0.4 is 10.6 Å². The van der Waals surface area contributed by atoms with Crippen molar-refractivity contribution in [3.05, 3.63) is 12.3 Å². The number of nitrogens with one attached hydrogen (secondary N) is 2. The quantitative estimate of drug-likeness (QED) is 0.808. The second-order valence-corrected chi connectivity index (χ2v) is 4.32. The molecular weight excluding hydrogens is 214 g/mol. The molecule has 1 atom stereocenters. The summed E-state index contributed by atoms with van der Waals surface area (Å²) in [4.78, 5) is 11.0. The zero-order valence-electron chi connectivity index (χ0n) is 10.6. The Bertz CT molecular complexity index is 355. The Kier molecular flexibility index (Phi) is 4.14. The van der Waals surface area contributed by atoms with E-state index in [0.29, 0.717) is 12.0 Å². The lowest BCUT2D eigenvalue weighted by Crippen LogP contribution is -2.34. The Morgan fingerprint density at radius 3 is 3.18 bits per heavy atom. The minimum absolute atomic E-state index is 0.646. The minimum atomic E-state index is 0.646. The van der Waals surface area contributed by atoms with E-state index in [2.05, 4.69) is 32.4 Å². The first-order valence-corrected chi connectivity index (χ1v) is 6.32. The third-order valence-corrected chi connectivity index (χ3v) is 3.30. The highest BCUT2D eigenvalue weighted by Crippen LogP contribution is 2.17. The van der Waals surface area contributed by atoms with Crippen LogP contribution in [0.4, 0.5) is 11.8 Å². The van der Waals surface area contributed by atoms with Crippen molar-refractivity contribution in [3.63, 3.8) is 0 Å². The number of aromatic nitrogens is 2. The van der Waals surface area contributed by atoms with Crippen LogP contribution in [0.3, 0.4) is 0 Å². The summed E-state index contributed by atoms with van der Waals surface area (Å²) >= 11 is 0. The van der Waals surface area contributed by atoms with Crippen LogP contribution in [0, 0.1) is 0 Å². The van der Waals surface area contributed by atoms with Crippen molar-refractivity contribution in [1.82, 2.24) is 14.9 Å². The molecule has 1 saturated heterocycles. The van der Waals surface area contributed by atoms with Crippen LogP contribution in [-0.4, -0.2) is 47.6 Å². The molecule has 2 N–H and O–H groups in total. The number of likely N-dealkylation sites (tertiary alicyclic amines) is 1. The van der Waals surface area contributed by atoms with Crippen LogP contribution in [0.1, 0.15) is 19.8 Å². The molecule has 1 unspecified atom stereocenters. The molecule has 5 heteroatoms. The maximum absolute atomic E-state index is 4.35. The zero-order valence-corrected chi connectivity index (χ0v) is 10.6. The highest BCUT2D eigenvalue weighted by molar-refractivity contribution is 5.39. The molecule has 2 heterocycles. The molecule has 0 aromatic carbocycles. The normalized spacial score (nSPS) is 20.5. The Morgan fingerprint density at radius 2 is 2.41 bits per heavy atom. The van der Waals surface area contributed by atoms with E-state index in [0.717, 1.165) is 18.9 Å². The van der Waals surface area contributed by atoms with Crippen molar-refractivity contribution in [3.8, 4) is 0 Å². The Morgan fingerprint density at radius 1 is 1.53 bits per heavy atom. The summed E-state index contributed by atoms with van der Waals surface area (Å²) in [6, 6.07) is 2.56. The maximum atomic E-state index is 4.35. The Labute approximate surface area is 103 Å². The smallest absolute Gasteiger partial charge is 0.224 e. The van der Waals surface area contributed by atoms with Crippen molar-refractivity contribution in [1.29, 1.82) is 0 Å². The highest BCUT2D eigenvalue weighted by atomic mass is 15.2. The first-order valence-electron chi connectivity index (χ1n) is 6.32. The second-order valence-electron chi connectivity index (χ2n) is 4.32. The molecule has 1 aromatic heterocycles. The molecule has 0 amide bonds. The van der Waals surface area contributed by atoms with E-state index in [1.165, 1.54) is 19.4 Å². The molecule has 1 fully saturated rings. The third kappa shape index (κ3) is 3.06. The van der Waals surface area contributed by atoms with Gasteiger partial charge in [0.1, 0.15) is 5.82 Å². The third-order valence-electron chi connectivity index (χ3n) is 3.30. The molecule has 0 saturated carbocycles. The number of likely N-dealkylation sites (N-methyl/N-ethyl adjacent to an activating group) is 1. The fourth-order valence-corrected chi connectivity index (χ4v) is 2.34. The number of hydrogen-bond acceptors (Lipinski definition) is 5. The summed E-state index contributed by atoms with van der Waals surface area (Å²) in [5.41, 5.74) is 0. The van der Waals surface area contributed by atoms with Crippen molar-refractivity contribution < 1.29 is 0 Å². The molecule has 1 aliphatic heterocycles. The molecule has 0 aliphatic carbocycles. The van der Waals surface area contributed by atoms with Gasteiger partial charge in [0.25, 0.3) is 0 Å². The molecule has 94 valence electrons. The summed E-state index contributed by atoms with van der Waals surface area (Å²) in [6.07, 6.45) is 4.37. The van der Waals surface area contributed by atoms with E-state index >= 15 is 0 Å². The lowest BCUT2D eigenvalue weighted by molar-refractivity contribution is 0.277. The average Bonchev–Trinajstić information content (AvgIpc) is 2.84. The first kappa shape index (κ1) is 12.1. The number of nitrogens with zero attached hydrogens (tertiary/aromatic N) is 3. The molecule has 1 aliphatic rings. The summed E-state index contributed by atoms with van der Waals surface area (Å²) in [5, 5.41) is 6.34. The van der Waals surface area contributed by atoms with E-state index < -0.39 is 0 Å². The van der Waals surface area contributed by atoms with Crippen LogP contribution >= 0.6 is 0 Å². The van der Waals surface area contributed by atoms with Crippen LogP contribution in [0.2, 0.25) is 0 Å². The van der Waals surface area contributed by atoms with Gasteiger partial charge in [-0.15, -0.1) is 0 Å². The average molecular weight is 235 g/mol. The van der Waals surface area contributed by atoms with Crippen molar-refractivity contribution >= 4 is 11.8 Å². The van der Waals surface area contributed by atoms with E-state index in [9.17, 15) is 0 Å². The zero-order chi connectivity index (χ0) is 12.1. The Hall–Kier alpha value is -1.36. The number of rotatable bonds is 5. The standard InChI is InChI=1S/C12H21N5/c1-3-17-8-4-5-10(17)9-15-11-6-7-14-12(13-2)16-11/h6-7,10H,3-5,8-9H2,1-2H3,(H2,13,14,15,16). The van der Waals surface area contributed by atoms with Crippen LogP contribution in [0.15, 0.2) is 12.3 Å². The van der Waals surface area contributed by atoms with Gasteiger partial charge in [-0.2, -0.15) is 4.98 Å². The number of anilines is 2. The SMILES string of the molecule is CCN1CCCC1CNc1ccnc(NC)n1. The van der Waals surface area contributed by atoms with Gasteiger partial charge in [0.2, 0.25) is 5.95 Å². The van der Waals surface area contributed by atoms with E-state index in [1.807, 2.05) is 13.1 Å². The molecule has 0 spiro atoms. The lowest BCUT2D eigenvalue weighted by atomic mass is 10.2. The second kappa shape index (κ2) is 5.82. The minimum Gasteiger partial charge on any atom is -0.368 e.